The SMILES string of the molecule is C[C@H](C(=O)N1CCC[C@@H](N2CCCC2=O)C1)[C@H](N)c1ccccc1. The lowest BCUT2D eigenvalue weighted by Gasteiger charge is -2.39. The first-order chi connectivity index (χ1) is 11.6. The van der Waals surface area contributed by atoms with E-state index in [4.69, 9.17) is 5.73 Å². The van der Waals surface area contributed by atoms with Crippen molar-refractivity contribution < 1.29 is 9.59 Å². The maximum atomic E-state index is 12.9. The summed E-state index contributed by atoms with van der Waals surface area (Å²) in [5, 5.41) is 0. The summed E-state index contributed by atoms with van der Waals surface area (Å²) >= 11 is 0. The van der Waals surface area contributed by atoms with Gasteiger partial charge in [-0.2, -0.15) is 0 Å². The van der Waals surface area contributed by atoms with Gasteiger partial charge < -0.3 is 15.5 Å². The van der Waals surface area contributed by atoms with Crippen LogP contribution in [0.15, 0.2) is 30.3 Å². The molecule has 0 spiro atoms. The van der Waals surface area contributed by atoms with Gasteiger partial charge in [-0.05, 0) is 24.8 Å². The van der Waals surface area contributed by atoms with E-state index in [0.717, 1.165) is 37.9 Å². The van der Waals surface area contributed by atoms with E-state index in [1.807, 2.05) is 47.1 Å². The van der Waals surface area contributed by atoms with Crippen LogP contribution in [0.1, 0.15) is 44.2 Å². The van der Waals surface area contributed by atoms with Crippen molar-refractivity contribution in [2.45, 2.75) is 44.7 Å². The highest BCUT2D eigenvalue weighted by atomic mass is 16.2. The number of benzene rings is 1. The van der Waals surface area contributed by atoms with Crippen LogP contribution >= 0.6 is 0 Å². The molecule has 3 rings (SSSR count). The number of likely N-dealkylation sites (tertiary alicyclic amines) is 2. The Hall–Kier alpha value is -1.88. The van der Waals surface area contributed by atoms with Crippen LogP contribution in [-0.4, -0.2) is 47.3 Å². The standard InChI is InChI=1S/C19H27N3O2/c1-14(18(20)15-7-3-2-4-8-15)19(24)21-11-5-9-16(13-21)22-12-6-10-17(22)23/h2-4,7-8,14,16,18H,5-6,9-13,20H2,1H3/t14-,16+,18-/m0/s1. The highest BCUT2D eigenvalue weighted by Crippen LogP contribution is 2.25. The molecule has 0 unspecified atom stereocenters. The van der Waals surface area contributed by atoms with Crippen LogP contribution in [0, 0.1) is 5.92 Å². The molecule has 0 radical (unpaired) electrons. The lowest BCUT2D eigenvalue weighted by atomic mass is 9.93. The first-order valence-corrected chi connectivity index (χ1v) is 8.96. The van der Waals surface area contributed by atoms with Crippen LogP contribution in [0.5, 0.6) is 0 Å². The number of carbonyl (C=O) groups is 2. The molecule has 5 heteroatoms. The first kappa shape index (κ1) is 17.0. The summed E-state index contributed by atoms with van der Waals surface area (Å²) < 4.78 is 0. The van der Waals surface area contributed by atoms with E-state index in [2.05, 4.69) is 0 Å². The molecule has 2 saturated heterocycles. The Morgan fingerprint density at radius 2 is 1.96 bits per heavy atom. The fourth-order valence-corrected chi connectivity index (χ4v) is 3.87. The second-order valence-electron chi connectivity index (χ2n) is 7.00. The van der Waals surface area contributed by atoms with Gasteiger partial charge >= 0.3 is 0 Å². The monoisotopic (exact) mass is 329 g/mol. The Morgan fingerprint density at radius 3 is 2.62 bits per heavy atom. The molecule has 1 aromatic rings. The number of hydrogen-bond donors (Lipinski definition) is 1. The van der Waals surface area contributed by atoms with Crippen molar-refractivity contribution in [1.29, 1.82) is 0 Å². The average Bonchev–Trinajstić information content (AvgIpc) is 3.06. The minimum absolute atomic E-state index is 0.0997. The predicted molar refractivity (Wildman–Crippen MR) is 93.1 cm³/mol. The van der Waals surface area contributed by atoms with Crippen molar-refractivity contribution in [3.8, 4) is 0 Å². The van der Waals surface area contributed by atoms with Crippen molar-refractivity contribution in [3.05, 3.63) is 35.9 Å². The Labute approximate surface area is 143 Å². The van der Waals surface area contributed by atoms with Gasteiger partial charge in [-0.25, -0.2) is 0 Å². The molecular formula is C19H27N3O2. The van der Waals surface area contributed by atoms with Crippen molar-refractivity contribution in [2.75, 3.05) is 19.6 Å². The molecule has 2 amide bonds. The summed E-state index contributed by atoms with van der Waals surface area (Å²) in [6.45, 7) is 4.16. The van der Waals surface area contributed by atoms with Crippen LogP contribution in [0.25, 0.3) is 0 Å². The van der Waals surface area contributed by atoms with Gasteiger partial charge in [-0.1, -0.05) is 37.3 Å². The van der Waals surface area contributed by atoms with Crippen molar-refractivity contribution >= 4 is 11.8 Å². The van der Waals surface area contributed by atoms with Crippen molar-refractivity contribution in [3.63, 3.8) is 0 Å². The number of carbonyl (C=O) groups excluding carboxylic acids is 2. The molecule has 130 valence electrons. The molecule has 2 heterocycles. The summed E-state index contributed by atoms with van der Waals surface area (Å²) in [5.41, 5.74) is 7.30. The van der Waals surface area contributed by atoms with E-state index in [0.29, 0.717) is 13.0 Å². The fraction of sp³-hybridized carbons (Fsp3) is 0.579. The third kappa shape index (κ3) is 3.46. The van der Waals surface area contributed by atoms with Crippen LogP contribution in [0.4, 0.5) is 0 Å². The molecule has 0 aromatic heterocycles. The van der Waals surface area contributed by atoms with Crippen LogP contribution in [0.3, 0.4) is 0 Å². The molecule has 2 aliphatic rings. The minimum Gasteiger partial charge on any atom is -0.340 e. The third-order valence-corrected chi connectivity index (χ3v) is 5.37. The third-order valence-electron chi connectivity index (χ3n) is 5.37. The zero-order valence-corrected chi connectivity index (χ0v) is 14.4. The molecule has 1 aromatic carbocycles. The van der Waals surface area contributed by atoms with E-state index < -0.39 is 0 Å². The summed E-state index contributed by atoms with van der Waals surface area (Å²) in [6.07, 6.45) is 3.54. The molecule has 0 saturated carbocycles. The summed E-state index contributed by atoms with van der Waals surface area (Å²) in [6, 6.07) is 9.66. The second kappa shape index (κ2) is 7.34. The first-order valence-electron chi connectivity index (χ1n) is 8.96. The minimum atomic E-state index is -0.299. The number of rotatable bonds is 4. The lowest BCUT2D eigenvalue weighted by Crippen LogP contribution is -2.52. The van der Waals surface area contributed by atoms with Gasteiger partial charge in [-0.3, -0.25) is 9.59 Å². The van der Waals surface area contributed by atoms with E-state index in [1.165, 1.54) is 0 Å². The molecule has 24 heavy (non-hydrogen) atoms. The average molecular weight is 329 g/mol. The molecular weight excluding hydrogens is 302 g/mol. The van der Waals surface area contributed by atoms with Crippen LogP contribution < -0.4 is 5.73 Å². The van der Waals surface area contributed by atoms with Gasteiger partial charge in [0, 0.05) is 38.1 Å². The summed E-state index contributed by atoms with van der Waals surface area (Å²) in [4.78, 5) is 28.8. The van der Waals surface area contributed by atoms with Crippen molar-refractivity contribution in [1.82, 2.24) is 9.80 Å². The largest absolute Gasteiger partial charge is 0.340 e. The Kier molecular flexibility index (Phi) is 5.19. The smallest absolute Gasteiger partial charge is 0.227 e. The van der Waals surface area contributed by atoms with Gasteiger partial charge in [0.05, 0.1) is 5.92 Å². The van der Waals surface area contributed by atoms with Gasteiger partial charge in [0.2, 0.25) is 11.8 Å². The summed E-state index contributed by atoms with van der Waals surface area (Å²) in [5.74, 6) is 0.0754. The number of nitrogens with two attached hydrogens (primary N) is 1. The lowest BCUT2D eigenvalue weighted by molar-refractivity contribution is -0.140. The van der Waals surface area contributed by atoms with Gasteiger partial charge in [0.1, 0.15) is 0 Å². The van der Waals surface area contributed by atoms with Crippen molar-refractivity contribution in [2.24, 2.45) is 11.7 Å². The van der Waals surface area contributed by atoms with E-state index in [1.54, 1.807) is 0 Å². The molecule has 0 bridgehead atoms. The Bertz CT molecular complexity index is 590. The zero-order chi connectivity index (χ0) is 17.1. The van der Waals surface area contributed by atoms with Crippen LogP contribution in [0.2, 0.25) is 0 Å². The molecule has 0 aliphatic carbocycles. The van der Waals surface area contributed by atoms with E-state index in [-0.39, 0.29) is 29.8 Å². The number of hydrogen-bond acceptors (Lipinski definition) is 3. The highest BCUT2D eigenvalue weighted by molar-refractivity contribution is 5.80. The van der Waals surface area contributed by atoms with Gasteiger partial charge in [0.25, 0.3) is 0 Å². The quantitative estimate of drug-likeness (QED) is 0.918. The van der Waals surface area contributed by atoms with E-state index >= 15 is 0 Å². The maximum absolute atomic E-state index is 12.9. The molecule has 2 fully saturated rings. The number of piperidine rings is 1. The fourth-order valence-electron chi connectivity index (χ4n) is 3.87. The van der Waals surface area contributed by atoms with Crippen LogP contribution in [-0.2, 0) is 9.59 Å². The predicted octanol–water partition coefficient (Wildman–Crippen LogP) is 1.94. The molecule has 2 aliphatic heterocycles. The topological polar surface area (TPSA) is 66.6 Å². The second-order valence-corrected chi connectivity index (χ2v) is 7.00. The molecule has 5 nitrogen and oxygen atoms in total. The normalized spacial score (nSPS) is 24.1. The molecule has 3 atom stereocenters. The zero-order valence-electron chi connectivity index (χ0n) is 14.4. The number of nitrogens with zero attached hydrogens (tertiary/aromatic N) is 2. The van der Waals surface area contributed by atoms with Gasteiger partial charge in [0.15, 0.2) is 0 Å². The molecule has 2 N–H and O–H groups in total. The Morgan fingerprint density at radius 1 is 1.21 bits per heavy atom. The maximum Gasteiger partial charge on any atom is 0.227 e. The summed E-state index contributed by atoms with van der Waals surface area (Å²) in [7, 11) is 0. The number of amides is 2. The van der Waals surface area contributed by atoms with Gasteiger partial charge in [-0.15, -0.1) is 0 Å². The highest BCUT2D eigenvalue weighted by Gasteiger charge is 2.35. The van der Waals surface area contributed by atoms with E-state index in [9.17, 15) is 9.59 Å². The Balaban J connectivity index is 1.64.